The van der Waals surface area contributed by atoms with Gasteiger partial charge in [0.2, 0.25) is 5.88 Å². The van der Waals surface area contributed by atoms with Crippen LogP contribution in [0.4, 0.5) is 0 Å². The summed E-state index contributed by atoms with van der Waals surface area (Å²) >= 11 is 0. The number of rotatable bonds is 4. The van der Waals surface area contributed by atoms with Crippen molar-refractivity contribution in [3.63, 3.8) is 0 Å². The average Bonchev–Trinajstić information content (AvgIpc) is 2.47. The molecular weight excluding hydrogens is 260 g/mol. The van der Waals surface area contributed by atoms with Crippen molar-refractivity contribution in [3.05, 3.63) is 53.7 Å². The van der Waals surface area contributed by atoms with Gasteiger partial charge in [-0.15, -0.1) is 0 Å². The van der Waals surface area contributed by atoms with Gasteiger partial charge in [-0.25, -0.2) is 9.78 Å². The monoisotopic (exact) mass is 272 g/mol. The quantitative estimate of drug-likeness (QED) is 0.887. The SMILES string of the molecule is CNC(=O)c1cccc(Oc2ccc(C(=O)O)cn2)c1. The molecule has 102 valence electrons. The van der Waals surface area contributed by atoms with Gasteiger partial charge in [-0.05, 0) is 24.3 Å². The largest absolute Gasteiger partial charge is 0.478 e. The molecule has 2 aromatic rings. The van der Waals surface area contributed by atoms with Gasteiger partial charge in [0.15, 0.2) is 0 Å². The first-order valence-corrected chi connectivity index (χ1v) is 5.79. The molecule has 0 fully saturated rings. The third-order valence-electron chi connectivity index (χ3n) is 2.53. The van der Waals surface area contributed by atoms with Gasteiger partial charge in [-0.2, -0.15) is 0 Å². The molecule has 2 rings (SSSR count). The Kier molecular flexibility index (Phi) is 3.95. The minimum absolute atomic E-state index is 0.0801. The molecule has 0 atom stereocenters. The van der Waals surface area contributed by atoms with Crippen LogP contribution in [-0.4, -0.2) is 29.0 Å². The zero-order chi connectivity index (χ0) is 14.5. The van der Waals surface area contributed by atoms with Crippen molar-refractivity contribution in [2.75, 3.05) is 7.05 Å². The number of ether oxygens (including phenoxy) is 1. The zero-order valence-electron chi connectivity index (χ0n) is 10.7. The number of aromatic nitrogens is 1. The van der Waals surface area contributed by atoms with Crippen LogP contribution in [0.3, 0.4) is 0 Å². The van der Waals surface area contributed by atoms with E-state index >= 15 is 0 Å². The van der Waals surface area contributed by atoms with Gasteiger partial charge in [0.05, 0.1) is 5.56 Å². The second kappa shape index (κ2) is 5.83. The number of amides is 1. The van der Waals surface area contributed by atoms with Crippen LogP contribution < -0.4 is 10.1 Å². The number of carbonyl (C=O) groups excluding carboxylic acids is 1. The third kappa shape index (κ3) is 3.11. The maximum absolute atomic E-state index is 11.5. The van der Waals surface area contributed by atoms with E-state index in [0.717, 1.165) is 0 Å². The van der Waals surface area contributed by atoms with E-state index in [4.69, 9.17) is 9.84 Å². The highest BCUT2D eigenvalue weighted by Gasteiger charge is 2.07. The van der Waals surface area contributed by atoms with E-state index in [2.05, 4.69) is 10.3 Å². The molecule has 0 aliphatic rings. The highest BCUT2D eigenvalue weighted by molar-refractivity contribution is 5.94. The first-order chi connectivity index (χ1) is 9.60. The first-order valence-electron chi connectivity index (χ1n) is 5.79. The summed E-state index contributed by atoms with van der Waals surface area (Å²) in [5, 5.41) is 11.3. The van der Waals surface area contributed by atoms with Gasteiger partial charge < -0.3 is 15.2 Å². The summed E-state index contributed by atoms with van der Waals surface area (Å²) < 4.78 is 5.46. The topological polar surface area (TPSA) is 88.5 Å². The normalized spacial score (nSPS) is 9.85. The summed E-state index contributed by atoms with van der Waals surface area (Å²) in [6.45, 7) is 0. The van der Waals surface area contributed by atoms with Gasteiger partial charge in [0.1, 0.15) is 5.75 Å². The van der Waals surface area contributed by atoms with Crippen molar-refractivity contribution in [3.8, 4) is 11.6 Å². The van der Waals surface area contributed by atoms with Crippen LogP contribution in [0.5, 0.6) is 11.6 Å². The molecular formula is C14H12N2O4. The predicted molar refractivity (Wildman–Crippen MR) is 71.1 cm³/mol. The molecule has 1 aromatic carbocycles. The van der Waals surface area contributed by atoms with Crippen molar-refractivity contribution in [1.82, 2.24) is 10.3 Å². The Morgan fingerprint density at radius 2 is 2.00 bits per heavy atom. The molecule has 0 radical (unpaired) electrons. The van der Waals surface area contributed by atoms with Crippen molar-refractivity contribution >= 4 is 11.9 Å². The maximum atomic E-state index is 11.5. The van der Waals surface area contributed by atoms with Crippen LogP contribution in [0.2, 0.25) is 0 Å². The molecule has 20 heavy (non-hydrogen) atoms. The Morgan fingerprint density at radius 3 is 2.60 bits per heavy atom. The highest BCUT2D eigenvalue weighted by atomic mass is 16.5. The van der Waals surface area contributed by atoms with E-state index in [9.17, 15) is 9.59 Å². The van der Waals surface area contributed by atoms with Crippen LogP contribution in [0.25, 0.3) is 0 Å². The minimum atomic E-state index is -1.05. The highest BCUT2D eigenvalue weighted by Crippen LogP contribution is 2.20. The predicted octanol–water partition coefficient (Wildman–Crippen LogP) is 1.93. The number of carboxylic acid groups (broad SMARTS) is 1. The fraction of sp³-hybridized carbons (Fsp3) is 0.0714. The smallest absolute Gasteiger partial charge is 0.337 e. The molecule has 2 N–H and O–H groups in total. The van der Waals surface area contributed by atoms with E-state index < -0.39 is 5.97 Å². The number of nitrogens with one attached hydrogen (secondary N) is 1. The summed E-state index contributed by atoms with van der Waals surface area (Å²) in [6, 6.07) is 9.45. The number of carbonyl (C=O) groups is 2. The van der Waals surface area contributed by atoms with Crippen molar-refractivity contribution in [2.45, 2.75) is 0 Å². The van der Waals surface area contributed by atoms with Crippen LogP contribution in [-0.2, 0) is 0 Å². The fourth-order valence-electron chi connectivity index (χ4n) is 1.53. The lowest BCUT2D eigenvalue weighted by molar-refractivity contribution is 0.0696. The van der Waals surface area contributed by atoms with E-state index in [0.29, 0.717) is 11.3 Å². The number of hydrogen-bond donors (Lipinski definition) is 2. The average molecular weight is 272 g/mol. The number of aromatic carboxylic acids is 1. The van der Waals surface area contributed by atoms with Gasteiger partial charge in [-0.1, -0.05) is 6.07 Å². The Hall–Kier alpha value is -2.89. The van der Waals surface area contributed by atoms with Gasteiger partial charge in [-0.3, -0.25) is 4.79 Å². The molecule has 0 aliphatic heterocycles. The lowest BCUT2D eigenvalue weighted by Gasteiger charge is -2.06. The Labute approximate surface area is 115 Å². The summed E-state index contributed by atoms with van der Waals surface area (Å²) in [6.07, 6.45) is 1.21. The number of carboxylic acids is 1. The molecule has 1 amide bonds. The summed E-state index contributed by atoms with van der Waals surface area (Å²) in [4.78, 5) is 26.1. The lowest BCUT2D eigenvalue weighted by Crippen LogP contribution is -2.17. The summed E-state index contributed by atoms with van der Waals surface area (Å²) in [5.74, 6) is -0.568. The number of hydrogen-bond acceptors (Lipinski definition) is 4. The number of pyridine rings is 1. The van der Waals surface area contributed by atoms with Crippen LogP contribution >= 0.6 is 0 Å². The summed E-state index contributed by atoms with van der Waals surface area (Å²) in [5.41, 5.74) is 0.545. The molecule has 0 saturated heterocycles. The van der Waals surface area contributed by atoms with Gasteiger partial charge >= 0.3 is 5.97 Å². The second-order valence-corrected chi connectivity index (χ2v) is 3.90. The molecule has 0 aliphatic carbocycles. The van der Waals surface area contributed by atoms with Crippen molar-refractivity contribution in [1.29, 1.82) is 0 Å². The molecule has 0 spiro atoms. The molecule has 1 aromatic heterocycles. The van der Waals surface area contributed by atoms with Gasteiger partial charge in [0, 0.05) is 24.9 Å². The van der Waals surface area contributed by atoms with Gasteiger partial charge in [0.25, 0.3) is 5.91 Å². The molecule has 6 heteroatoms. The molecule has 6 nitrogen and oxygen atoms in total. The first kappa shape index (κ1) is 13.5. The third-order valence-corrected chi connectivity index (χ3v) is 2.53. The van der Waals surface area contributed by atoms with Crippen LogP contribution in [0.1, 0.15) is 20.7 Å². The second-order valence-electron chi connectivity index (χ2n) is 3.90. The van der Waals surface area contributed by atoms with E-state index in [-0.39, 0.29) is 17.4 Å². The Balaban J connectivity index is 2.17. The minimum Gasteiger partial charge on any atom is -0.478 e. The Bertz CT molecular complexity index is 638. The van der Waals surface area contributed by atoms with Crippen LogP contribution in [0.15, 0.2) is 42.6 Å². The van der Waals surface area contributed by atoms with E-state index in [1.807, 2.05) is 0 Å². The van der Waals surface area contributed by atoms with Crippen molar-refractivity contribution < 1.29 is 19.4 Å². The lowest BCUT2D eigenvalue weighted by atomic mass is 10.2. The Morgan fingerprint density at radius 1 is 1.20 bits per heavy atom. The van der Waals surface area contributed by atoms with E-state index in [1.54, 1.807) is 31.3 Å². The molecule has 1 heterocycles. The van der Waals surface area contributed by atoms with Crippen molar-refractivity contribution in [2.24, 2.45) is 0 Å². The standard InChI is InChI=1S/C14H12N2O4/c1-15-13(17)9-3-2-4-11(7-9)20-12-6-5-10(8-16-12)14(18)19/h2-8H,1H3,(H,15,17)(H,18,19). The fourth-order valence-corrected chi connectivity index (χ4v) is 1.53. The molecule has 0 unspecified atom stereocenters. The molecule has 0 saturated carbocycles. The van der Waals surface area contributed by atoms with E-state index in [1.165, 1.54) is 18.3 Å². The number of benzene rings is 1. The molecule has 0 bridgehead atoms. The zero-order valence-corrected chi connectivity index (χ0v) is 10.7. The van der Waals surface area contributed by atoms with Crippen LogP contribution in [0, 0.1) is 0 Å². The summed E-state index contributed by atoms with van der Waals surface area (Å²) in [7, 11) is 1.54. The maximum Gasteiger partial charge on any atom is 0.337 e. The number of nitrogens with zero attached hydrogens (tertiary/aromatic N) is 1.